The molecule has 0 aromatic heterocycles. The zero-order chi connectivity index (χ0) is 12.1. The highest BCUT2D eigenvalue weighted by atomic mass is 35.5. The molecule has 0 amide bonds. The van der Waals surface area contributed by atoms with Crippen LogP contribution in [0.15, 0.2) is 18.2 Å². The van der Waals surface area contributed by atoms with Crippen molar-refractivity contribution in [3.63, 3.8) is 0 Å². The molecular formula is C14H21ClN2. The summed E-state index contributed by atoms with van der Waals surface area (Å²) in [7, 11) is 0. The predicted octanol–water partition coefficient (Wildman–Crippen LogP) is 3.57. The molecule has 0 saturated carbocycles. The van der Waals surface area contributed by atoms with Crippen molar-refractivity contribution < 1.29 is 0 Å². The zero-order valence-electron chi connectivity index (χ0n) is 10.3. The van der Waals surface area contributed by atoms with Crippen LogP contribution in [0.25, 0.3) is 0 Å². The van der Waals surface area contributed by atoms with E-state index in [4.69, 9.17) is 17.3 Å². The number of nitrogens with two attached hydrogens (primary N) is 1. The van der Waals surface area contributed by atoms with E-state index in [1.807, 2.05) is 12.1 Å². The van der Waals surface area contributed by atoms with E-state index in [0.717, 1.165) is 23.7 Å². The van der Waals surface area contributed by atoms with Crippen molar-refractivity contribution in [1.82, 2.24) is 0 Å². The Morgan fingerprint density at radius 3 is 2.35 bits per heavy atom. The molecule has 1 saturated heterocycles. The van der Waals surface area contributed by atoms with Gasteiger partial charge >= 0.3 is 0 Å². The highest BCUT2D eigenvalue weighted by Crippen LogP contribution is 2.31. The fourth-order valence-corrected chi connectivity index (χ4v) is 2.86. The Labute approximate surface area is 109 Å². The Kier molecular flexibility index (Phi) is 4.69. The summed E-state index contributed by atoms with van der Waals surface area (Å²) in [5, 5.41) is 0.841. The Bertz CT molecular complexity index is 357. The maximum atomic E-state index is 6.34. The lowest BCUT2D eigenvalue weighted by Crippen LogP contribution is -2.28. The number of anilines is 1. The number of nitrogens with zero attached hydrogens (tertiary/aromatic N) is 1. The maximum Gasteiger partial charge on any atom is 0.0642 e. The molecule has 1 aromatic rings. The molecule has 2 nitrogen and oxygen atoms in total. The van der Waals surface area contributed by atoms with Crippen molar-refractivity contribution in [2.75, 3.05) is 18.0 Å². The van der Waals surface area contributed by atoms with Gasteiger partial charge in [0.25, 0.3) is 0 Å². The van der Waals surface area contributed by atoms with Gasteiger partial charge in [0.15, 0.2) is 0 Å². The van der Waals surface area contributed by atoms with Crippen LogP contribution in [0.1, 0.15) is 37.7 Å². The normalized spacial score (nSPS) is 17.6. The summed E-state index contributed by atoms with van der Waals surface area (Å²) in [6, 6.07) is 6.03. The molecule has 0 unspecified atom stereocenters. The summed E-state index contributed by atoms with van der Waals surface area (Å²) in [5.74, 6) is 0. The third-order valence-corrected chi connectivity index (χ3v) is 3.77. The van der Waals surface area contributed by atoms with E-state index < -0.39 is 0 Å². The molecule has 1 fully saturated rings. The molecule has 1 heterocycles. The van der Waals surface area contributed by atoms with Crippen molar-refractivity contribution in [3.05, 3.63) is 28.8 Å². The van der Waals surface area contributed by atoms with Gasteiger partial charge < -0.3 is 10.6 Å². The van der Waals surface area contributed by atoms with Gasteiger partial charge in [0.05, 0.1) is 10.7 Å². The molecular weight excluding hydrogens is 232 g/mol. The fourth-order valence-electron chi connectivity index (χ4n) is 2.55. The van der Waals surface area contributed by atoms with Crippen molar-refractivity contribution in [1.29, 1.82) is 0 Å². The van der Waals surface area contributed by atoms with Crippen molar-refractivity contribution in [2.45, 2.75) is 38.6 Å². The highest BCUT2D eigenvalue weighted by molar-refractivity contribution is 6.33. The lowest BCUT2D eigenvalue weighted by atomic mass is 10.1. The monoisotopic (exact) mass is 252 g/mol. The van der Waals surface area contributed by atoms with Crippen LogP contribution in [0.3, 0.4) is 0 Å². The van der Waals surface area contributed by atoms with E-state index in [0.29, 0.717) is 6.54 Å². The molecule has 1 aromatic carbocycles. The third kappa shape index (κ3) is 3.14. The number of benzene rings is 1. The Morgan fingerprint density at radius 2 is 1.71 bits per heavy atom. The maximum absolute atomic E-state index is 6.34. The Morgan fingerprint density at radius 1 is 1.06 bits per heavy atom. The molecule has 0 radical (unpaired) electrons. The highest BCUT2D eigenvalue weighted by Gasteiger charge is 2.15. The van der Waals surface area contributed by atoms with E-state index in [1.54, 1.807) is 0 Å². The first-order valence-corrected chi connectivity index (χ1v) is 6.93. The van der Waals surface area contributed by atoms with Crippen molar-refractivity contribution >= 4 is 17.3 Å². The predicted molar refractivity (Wildman–Crippen MR) is 74.6 cm³/mol. The largest absolute Gasteiger partial charge is 0.370 e. The Hall–Kier alpha value is -0.730. The topological polar surface area (TPSA) is 29.3 Å². The number of hydrogen-bond acceptors (Lipinski definition) is 2. The molecule has 0 bridgehead atoms. The molecule has 0 spiro atoms. The lowest BCUT2D eigenvalue weighted by Gasteiger charge is -2.29. The van der Waals surface area contributed by atoms with Gasteiger partial charge in [-0.3, -0.25) is 0 Å². The molecule has 17 heavy (non-hydrogen) atoms. The smallest absolute Gasteiger partial charge is 0.0642 e. The minimum atomic E-state index is 0.562. The van der Waals surface area contributed by atoms with Gasteiger partial charge in [0.1, 0.15) is 0 Å². The lowest BCUT2D eigenvalue weighted by molar-refractivity contribution is 0.555. The van der Waals surface area contributed by atoms with Gasteiger partial charge in [-0.1, -0.05) is 43.0 Å². The molecule has 2 rings (SSSR count). The summed E-state index contributed by atoms with van der Waals surface area (Å²) >= 11 is 6.34. The molecule has 1 aliphatic rings. The summed E-state index contributed by atoms with van der Waals surface area (Å²) < 4.78 is 0. The molecule has 0 aliphatic carbocycles. The van der Waals surface area contributed by atoms with Crippen LogP contribution in [0.5, 0.6) is 0 Å². The van der Waals surface area contributed by atoms with E-state index in [9.17, 15) is 0 Å². The van der Waals surface area contributed by atoms with Crippen LogP contribution in [0.4, 0.5) is 5.69 Å². The van der Waals surface area contributed by atoms with E-state index >= 15 is 0 Å². The zero-order valence-corrected chi connectivity index (χ0v) is 11.0. The summed E-state index contributed by atoms with van der Waals surface area (Å²) in [4.78, 5) is 2.42. The molecule has 0 atom stereocenters. The first-order chi connectivity index (χ1) is 8.33. The van der Waals surface area contributed by atoms with Gasteiger partial charge in [0.2, 0.25) is 0 Å². The number of rotatable bonds is 2. The molecule has 3 heteroatoms. The minimum absolute atomic E-state index is 0.562. The van der Waals surface area contributed by atoms with Crippen LogP contribution in [-0.2, 0) is 6.54 Å². The second-order valence-corrected chi connectivity index (χ2v) is 5.11. The van der Waals surface area contributed by atoms with Crippen LogP contribution in [-0.4, -0.2) is 13.1 Å². The van der Waals surface area contributed by atoms with E-state index in [-0.39, 0.29) is 0 Å². The SMILES string of the molecule is NCc1cccc(Cl)c1N1CCCCCCC1. The fraction of sp³-hybridized carbons (Fsp3) is 0.571. The van der Waals surface area contributed by atoms with E-state index in [1.165, 1.54) is 37.8 Å². The van der Waals surface area contributed by atoms with Gasteiger partial charge in [0, 0.05) is 19.6 Å². The number of para-hydroxylation sites is 1. The number of halogens is 1. The van der Waals surface area contributed by atoms with Crippen molar-refractivity contribution in [3.8, 4) is 0 Å². The van der Waals surface area contributed by atoms with Gasteiger partial charge in [-0.15, -0.1) is 0 Å². The number of hydrogen-bond donors (Lipinski definition) is 1. The second kappa shape index (κ2) is 6.27. The summed E-state index contributed by atoms with van der Waals surface area (Å²) in [5.41, 5.74) is 8.14. The van der Waals surface area contributed by atoms with Crippen molar-refractivity contribution in [2.24, 2.45) is 5.73 Å². The van der Waals surface area contributed by atoms with Gasteiger partial charge in [-0.2, -0.15) is 0 Å². The van der Waals surface area contributed by atoms with Crippen LogP contribution in [0, 0.1) is 0 Å². The van der Waals surface area contributed by atoms with Crippen LogP contribution in [0.2, 0.25) is 5.02 Å². The van der Waals surface area contributed by atoms with Crippen LogP contribution >= 0.6 is 11.6 Å². The summed E-state index contributed by atoms with van der Waals surface area (Å²) in [6.45, 7) is 2.78. The Balaban J connectivity index is 2.23. The molecule has 94 valence electrons. The average molecular weight is 253 g/mol. The second-order valence-electron chi connectivity index (χ2n) is 4.71. The minimum Gasteiger partial charge on any atom is -0.370 e. The first kappa shape index (κ1) is 12.7. The van der Waals surface area contributed by atoms with Gasteiger partial charge in [-0.05, 0) is 24.5 Å². The van der Waals surface area contributed by atoms with Crippen LogP contribution < -0.4 is 10.6 Å². The average Bonchev–Trinajstić information content (AvgIpc) is 2.29. The standard InChI is InChI=1S/C14H21ClN2/c15-13-8-6-7-12(11-16)14(13)17-9-4-2-1-3-5-10-17/h6-8H,1-5,9-11,16H2. The molecule has 2 N–H and O–H groups in total. The van der Waals surface area contributed by atoms with Gasteiger partial charge in [-0.25, -0.2) is 0 Å². The third-order valence-electron chi connectivity index (χ3n) is 3.46. The van der Waals surface area contributed by atoms with E-state index in [2.05, 4.69) is 11.0 Å². The quantitative estimate of drug-likeness (QED) is 0.872. The first-order valence-electron chi connectivity index (χ1n) is 6.55. The molecule has 1 aliphatic heterocycles. The summed E-state index contributed by atoms with van der Waals surface area (Å²) in [6.07, 6.45) is 6.56.